The Bertz CT molecular complexity index is 1190. The highest BCUT2D eigenvalue weighted by Crippen LogP contribution is 2.34. The van der Waals surface area contributed by atoms with E-state index in [4.69, 9.17) is 9.47 Å². The zero-order valence-electron chi connectivity index (χ0n) is 18.1. The molecule has 0 N–H and O–H groups in total. The third-order valence-electron chi connectivity index (χ3n) is 4.82. The van der Waals surface area contributed by atoms with Gasteiger partial charge in [0.15, 0.2) is 11.5 Å². The van der Waals surface area contributed by atoms with E-state index in [9.17, 15) is 4.79 Å². The van der Waals surface area contributed by atoms with Gasteiger partial charge in [0, 0.05) is 10.4 Å². The molecule has 1 atom stereocenters. The van der Waals surface area contributed by atoms with Gasteiger partial charge in [-0.1, -0.05) is 36.7 Å². The Kier molecular flexibility index (Phi) is 7.74. The molecule has 164 valence electrons. The smallest absolute Gasteiger partial charge is 0.282 e. The van der Waals surface area contributed by atoms with Crippen molar-refractivity contribution in [3.05, 3.63) is 60.1 Å². The van der Waals surface area contributed by atoms with Gasteiger partial charge in [-0.15, -0.1) is 0 Å². The zero-order chi connectivity index (χ0) is 22.7. The topological polar surface area (TPSA) is 65.7 Å². The second-order valence-corrected chi connectivity index (χ2v) is 9.60. The maximum absolute atomic E-state index is 13.2. The van der Waals surface area contributed by atoms with E-state index < -0.39 is 0 Å². The summed E-state index contributed by atoms with van der Waals surface area (Å²) in [6, 6.07) is 9.30. The SMILES string of the molecule is CC[C@@H](C)Oc1c(I)cc(C=Nn2c(C(C)C)nc3ccc(Br)cc3c2=O)cc1OC. The Morgan fingerprint density at radius 3 is 2.65 bits per heavy atom. The number of halogens is 2. The van der Waals surface area contributed by atoms with E-state index in [1.807, 2.05) is 45.0 Å². The molecule has 1 heterocycles. The molecular formula is C23H25BrIN3O3. The first kappa shape index (κ1) is 23.7. The Morgan fingerprint density at radius 2 is 2.00 bits per heavy atom. The van der Waals surface area contributed by atoms with Crippen LogP contribution >= 0.6 is 38.5 Å². The molecule has 0 saturated heterocycles. The van der Waals surface area contributed by atoms with Crippen LogP contribution in [-0.2, 0) is 0 Å². The van der Waals surface area contributed by atoms with Crippen molar-refractivity contribution in [3.63, 3.8) is 0 Å². The van der Waals surface area contributed by atoms with Gasteiger partial charge >= 0.3 is 0 Å². The second kappa shape index (κ2) is 10.1. The molecule has 1 aromatic heterocycles. The molecular weight excluding hydrogens is 573 g/mol. The lowest BCUT2D eigenvalue weighted by Crippen LogP contribution is -2.23. The summed E-state index contributed by atoms with van der Waals surface area (Å²) in [4.78, 5) is 17.8. The van der Waals surface area contributed by atoms with Gasteiger partial charge in [0.2, 0.25) is 0 Å². The molecule has 0 radical (unpaired) electrons. The monoisotopic (exact) mass is 597 g/mol. The van der Waals surface area contributed by atoms with Gasteiger partial charge in [0.25, 0.3) is 5.56 Å². The standard InChI is InChI=1S/C23H25BrIN3O3/c1-6-14(4)31-21-18(25)9-15(10-20(21)30-5)12-26-28-22(13(2)3)27-19-8-7-16(24)11-17(19)23(28)29/h7-14H,6H2,1-5H3/t14-/m1/s1. The van der Waals surface area contributed by atoms with Crippen LogP contribution in [-0.4, -0.2) is 29.1 Å². The van der Waals surface area contributed by atoms with Gasteiger partial charge < -0.3 is 9.47 Å². The molecule has 8 heteroatoms. The van der Waals surface area contributed by atoms with Gasteiger partial charge in [0.1, 0.15) is 5.82 Å². The lowest BCUT2D eigenvalue weighted by Gasteiger charge is -2.17. The van der Waals surface area contributed by atoms with Crippen molar-refractivity contribution >= 4 is 55.6 Å². The van der Waals surface area contributed by atoms with Gasteiger partial charge in [-0.2, -0.15) is 9.78 Å². The summed E-state index contributed by atoms with van der Waals surface area (Å²) >= 11 is 5.65. The van der Waals surface area contributed by atoms with Gasteiger partial charge in [-0.3, -0.25) is 4.79 Å². The molecule has 0 fully saturated rings. The normalized spacial score (nSPS) is 12.6. The molecule has 6 nitrogen and oxygen atoms in total. The van der Waals surface area contributed by atoms with E-state index in [1.54, 1.807) is 19.4 Å². The summed E-state index contributed by atoms with van der Waals surface area (Å²) in [7, 11) is 1.61. The van der Waals surface area contributed by atoms with E-state index in [2.05, 4.69) is 55.5 Å². The first-order valence-electron chi connectivity index (χ1n) is 10.1. The third kappa shape index (κ3) is 5.28. The van der Waals surface area contributed by atoms with Crippen LogP contribution < -0.4 is 15.0 Å². The van der Waals surface area contributed by atoms with Gasteiger partial charge in [-0.05, 0) is 71.8 Å². The second-order valence-electron chi connectivity index (χ2n) is 7.52. The van der Waals surface area contributed by atoms with Crippen molar-refractivity contribution in [1.29, 1.82) is 0 Å². The summed E-state index contributed by atoms with van der Waals surface area (Å²) < 4.78 is 14.7. The fourth-order valence-electron chi connectivity index (χ4n) is 2.99. The number of methoxy groups -OCH3 is 1. The van der Waals surface area contributed by atoms with E-state index in [0.29, 0.717) is 28.2 Å². The molecule has 0 aliphatic rings. The highest BCUT2D eigenvalue weighted by Gasteiger charge is 2.15. The highest BCUT2D eigenvalue weighted by molar-refractivity contribution is 14.1. The first-order valence-corrected chi connectivity index (χ1v) is 11.9. The predicted molar refractivity (Wildman–Crippen MR) is 137 cm³/mol. The van der Waals surface area contributed by atoms with Crippen molar-refractivity contribution in [1.82, 2.24) is 9.66 Å². The van der Waals surface area contributed by atoms with E-state index in [1.165, 1.54) is 4.68 Å². The maximum Gasteiger partial charge on any atom is 0.282 e. The van der Waals surface area contributed by atoms with E-state index >= 15 is 0 Å². The number of hydrogen-bond acceptors (Lipinski definition) is 5. The van der Waals surface area contributed by atoms with Crippen LogP contribution in [0.15, 0.2) is 44.7 Å². The predicted octanol–water partition coefficient (Wildman–Crippen LogP) is 5.96. The third-order valence-corrected chi connectivity index (χ3v) is 6.11. The zero-order valence-corrected chi connectivity index (χ0v) is 21.9. The molecule has 0 unspecified atom stereocenters. The van der Waals surface area contributed by atoms with Gasteiger partial charge in [0.05, 0.1) is 33.9 Å². The summed E-state index contributed by atoms with van der Waals surface area (Å²) in [5, 5.41) is 5.02. The molecule has 0 saturated carbocycles. The molecule has 2 aromatic carbocycles. The summed E-state index contributed by atoms with van der Waals surface area (Å²) in [6.45, 7) is 8.08. The Hall–Kier alpha value is -1.94. The fourth-order valence-corrected chi connectivity index (χ4v) is 4.10. The number of fused-ring (bicyclic) bond motifs is 1. The van der Waals surface area contributed by atoms with Crippen LogP contribution in [0, 0.1) is 3.57 Å². The summed E-state index contributed by atoms with van der Waals surface area (Å²) in [5.74, 6) is 1.98. The average Bonchev–Trinajstić information content (AvgIpc) is 2.74. The average molecular weight is 598 g/mol. The quantitative estimate of drug-likeness (QED) is 0.249. The molecule has 0 bridgehead atoms. The molecule has 0 aliphatic heterocycles. The van der Waals surface area contributed by atoms with Crippen molar-refractivity contribution in [2.45, 2.75) is 46.1 Å². The molecule has 0 spiro atoms. The maximum atomic E-state index is 13.2. The van der Waals surface area contributed by atoms with Gasteiger partial charge in [-0.25, -0.2) is 4.98 Å². The largest absolute Gasteiger partial charge is 0.493 e. The number of rotatable bonds is 7. The molecule has 0 aliphatic carbocycles. The minimum absolute atomic E-state index is 0.0267. The minimum Gasteiger partial charge on any atom is -0.493 e. The van der Waals surface area contributed by atoms with E-state index in [0.717, 1.165) is 20.0 Å². The number of benzene rings is 2. The first-order chi connectivity index (χ1) is 14.7. The minimum atomic E-state index is -0.204. The molecule has 3 aromatic rings. The van der Waals surface area contributed by atoms with Crippen LogP contribution in [0.25, 0.3) is 10.9 Å². The Morgan fingerprint density at radius 1 is 1.26 bits per heavy atom. The summed E-state index contributed by atoms with van der Waals surface area (Å²) in [5.41, 5.74) is 1.25. The van der Waals surface area contributed by atoms with Crippen LogP contribution in [0.4, 0.5) is 0 Å². The molecule has 31 heavy (non-hydrogen) atoms. The lowest BCUT2D eigenvalue weighted by atomic mass is 10.2. The fraction of sp³-hybridized carbons (Fsp3) is 0.348. The van der Waals surface area contributed by atoms with Crippen LogP contribution in [0.1, 0.15) is 51.4 Å². The Labute approximate surface area is 203 Å². The molecule has 3 rings (SSSR count). The Balaban J connectivity index is 2.09. The van der Waals surface area contributed by atoms with Crippen LogP contribution in [0.5, 0.6) is 11.5 Å². The molecule has 0 amide bonds. The summed E-state index contributed by atoms with van der Waals surface area (Å²) in [6.07, 6.45) is 2.63. The van der Waals surface area contributed by atoms with Crippen molar-refractivity contribution in [2.75, 3.05) is 7.11 Å². The van der Waals surface area contributed by atoms with Crippen molar-refractivity contribution in [2.24, 2.45) is 5.10 Å². The number of ether oxygens (including phenoxy) is 2. The highest BCUT2D eigenvalue weighted by atomic mass is 127. The van der Waals surface area contributed by atoms with Crippen molar-refractivity contribution < 1.29 is 9.47 Å². The number of aromatic nitrogens is 2. The number of nitrogens with zero attached hydrogens (tertiary/aromatic N) is 3. The van der Waals surface area contributed by atoms with Crippen molar-refractivity contribution in [3.8, 4) is 11.5 Å². The van der Waals surface area contributed by atoms with Crippen LogP contribution in [0.2, 0.25) is 0 Å². The van der Waals surface area contributed by atoms with E-state index in [-0.39, 0.29) is 17.6 Å². The lowest BCUT2D eigenvalue weighted by molar-refractivity contribution is 0.206. The van der Waals surface area contributed by atoms with Crippen LogP contribution in [0.3, 0.4) is 0 Å². The number of hydrogen-bond donors (Lipinski definition) is 0.